The molecule has 1 saturated heterocycles. The van der Waals surface area contributed by atoms with Crippen molar-refractivity contribution in [3.63, 3.8) is 0 Å². The number of aryl methyl sites for hydroxylation is 1. The summed E-state index contributed by atoms with van der Waals surface area (Å²) < 4.78 is 6.02. The van der Waals surface area contributed by atoms with Crippen molar-refractivity contribution < 1.29 is 14.5 Å². The molecule has 0 atom stereocenters. The maximum absolute atomic E-state index is 13.3. The van der Waals surface area contributed by atoms with Crippen LogP contribution in [0.15, 0.2) is 82.7 Å². The van der Waals surface area contributed by atoms with Crippen LogP contribution in [0.2, 0.25) is 0 Å². The Labute approximate surface area is 214 Å². The molecule has 0 saturated carbocycles. The topological polar surface area (TPSA) is 85.0 Å². The molecule has 0 aromatic heterocycles. The molecule has 4 rings (SSSR count). The van der Waals surface area contributed by atoms with Gasteiger partial charge in [-0.05, 0) is 66.6 Å². The fraction of sp³-hybridized carbons (Fsp3) is 0.214. The quantitative estimate of drug-likeness (QED) is 0.194. The van der Waals surface area contributed by atoms with Gasteiger partial charge in [0.15, 0.2) is 5.17 Å². The summed E-state index contributed by atoms with van der Waals surface area (Å²) in [7, 11) is 0. The number of nitro benzene ring substituents is 1. The maximum Gasteiger partial charge on any atom is 0.269 e. The van der Waals surface area contributed by atoms with Gasteiger partial charge >= 0.3 is 0 Å². The van der Waals surface area contributed by atoms with Crippen molar-refractivity contribution in [2.75, 3.05) is 6.54 Å². The summed E-state index contributed by atoms with van der Waals surface area (Å²) in [5, 5.41) is 11.5. The number of amides is 1. The van der Waals surface area contributed by atoms with Crippen LogP contribution in [0, 0.1) is 23.0 Å². The highest BCUT2D eigenvalue weighted by molar-refractivity contribution is 8.18. The molecule has 0 unspecified atom stereocenters. The lowest BCUT2D eigenvalue weighted by Gasteiger charge is -2.17. The summed E-state index contributed by atoms with van der Waals surface area (Å²) in [6.45, 7) is 7.00. The number of rotatable bonds is 8. The molecule has 0 spiro atoms. The second-order valence-corrected chi connectivity index (χ2v) is 9.91. The van der Waals surface area contributed by atoms with E-state index in [1.54, 1.807) is 17.0 Å². The van der Waals surface area contributed by atoms with E-state index in [1.807, 2.05) is 61.5 Å². The molecule has 1 heterocycles. The van der Waals surface area contributed by atoms with Gasteiger partial charge in [-0.3, -0.25) is 19.8 Å². The lowest BCUT2D eigenvalue weighted by Crippen LogP contribution is -2.32. The summed E-state index contributed by atoms with van der Waals surface area (Å²) in [4.78, 5) is 30.9. The molecule has 1 fully saturated rings. The first-order valence-electron chi connectivity index (χ1n) is 11.6. The van der Waals surface area contributed by atoms with Crippen molar-refractivity contribution in [3.05, 3.63) is 105 Å². The fourth-order valence-electron chi connectivity index (χ4n) is 3.59. The summed E-state index contributed by atoms with van der Waals surface area (Å²) in [5.41, 5.74) is 3.58. The highest BCUT2D eigenvalue weighted by Crippen LogP contribution is 2.36. The standard InChI is InChI=1S/C28H27N3O4S/c1-19(2)17-30-27(32)26(36-28(30)29-23-12-8-20(3)9-13-23)16-22-6-4-5-7-25(22)35-18-21-10-14-24(15-11-21)31(33)34/h4-16,19H,17-18H2,1-3H3/b26-16+,29-28?. The Bertz CT molecular complexity index is 1320. The van der Waals surface area contributed by atoms with Gasteiger partial charge in [-0.15, -0.1) is 0 Å². The lowest BCUT2D eigenvalue weighted by molar-refractivity contribution is -0.384. The van der Waals surface area contributed by atoms with E-state index in [4.69, 9.17) is 9.73 Å². The van der Waals surface area contributed by atoms with E-state index in [0.29, 0.717) is 22.4 Å². The summed E-state index contributed by atoms with van der Waals surface area (Å²) in [6.07, 6.45) is 1.84. The second kappa shape index (κ2) is 11.2. The molecule has 3 aromatic carbocycles. The van der Waals surface area contributed by atoms with Crippen molar-refractivity contribution in [3.8, 4) is 5.75 Å². The number of ether oxygens (including phenoxy) is 1. The molecule has 0 radical (unpaired) electrons. The number of aliphatic imine (C=N–C) groups is 1. The number of nitrogens with zero attached hydrogens (tertiary/aromatic N) is 3. The Hall–Kier alpha value is -3.91. The Morgan fingerprint density at radius 3 is 2.42 bits per heavy atom. The zero-order valence-electron chi connectivity index (χ0n) is 20.4. The predicted octanol–water partition coefficient (Wildman–Crippen LogP) is 6.74. The molecule has 1 aliphatic heterocycles. The van der Waals surface area contributed by atoms with Crippen LogP contribution in [-0.2, 0) is 11.4 Å². The van der Waals surface area contributed by atoms with E-state index in [-0.39, 0.29) is 24.1 Å². The highest BCUT2D eigenvalue weighted by atomic mass is 32.2. The van der Waals surface area contributed by atoms with Gasteiger partial charge in [0.2, 0.25) is 0 Å². The Kier molecular flexibility index (Phi) is 7.85. The number of hydrogen-bond donors (Lipinski definition) is 0. The second-order valence-electron chi connectivity index (χ2n) is 8.90. The molecule has 184 valence electrons. The van der Waals surface area contributed by atoms with Crippen LogP contribution in [0.3, 0.4) is 0 Å². The monoisotopic (exact) mass is 501 g/mol. The number of thioether (sulfide) groups is 1. The van der Waals surface area contributed by atoms with E-state index in [0.717, 1.165) is 22.4 Å². The number of carbonyl (C=O) groups excluding carboxylic acids is 1. The fourth-order valence-corrected chi connectivity index (χ4v) is 4.59. The molecule has 1 amide bonds. The van der Waals surface area contributed by atoms with Gasteiger partial charge in [-0.25, -0.2) is 4.99 Å². The average Bonchev–Trinajstić information content (AvgIpc) is 3.13. The normalized spacial score (nSPS) is 15.8. The van der Waals surface area contributed by atoms with Crippen molar-refractivity contribution in [2.24, 2.45) is 10.9 Å². The van der Waals surface area contributed by atoms with Gasteiger partial charge in [-0.2, -0.15) is 0 Å². The van der Waals surface area contributed by atoms with E-state index >= 15 is 0 Å². The maximum atomic E-state index is 13.3. The van der Waals surface area contributed by atoms with Crippen LogP contribution in [0.5, 0.6) is 5.75 Å². The lowest BCUT2D eigenvalue weighted by atomic mass is 10.1. The van der Waals surface area contributed by atoms with Gasteiger partial charge < -0.3 is 4.74 Å². The van der Waals surface area contributed by atoms with Crippen molar-refractivity contribution in [1.29, 1.82) is 0 Å². The van der Waals surface area contributed by atoms with Gasteiger partial charge in [0, 0.05) is 24.2 Å². The van der Waals surface area contributed by atoms with Crippen LogP contribution >= 0.6 is 11.8 Å². The smallest absolute Gasteiger partial charge is 0.269 e. The number of carbonyl (C=O) groups is 1. The third kappa shape index (κ3) is 6.20. The van der Waals surface area contributed by atoms with Crippen molar-refractivity contribution >= 4 is 40.3 Å². The number of hydrogen-bond acceptors (Lipinski definition) is 6. The minimum Gasteiger partial charge on any atom is -0.488 e. The van der Waals surface area contributed by atoms with Crippen LogP contribution in [0.25, 0.3) is 6.08 Å². The predicted molar refractivity (Wildman–Crippen MR) is 144 cm³/mol. The molecule has 0 aliphatic carbocycles. The number of nitro groups is 1. The van der Waals surface area contributed by atoms with Crippen LogP contribution in [0.4, 0.5) is 11.4 Å². The van der Waals surface area contributed by atoms with Crippen LogP contribution < -0.4 is 4.74 Å². The zero-order chi connectivity index (χ0) is 25.7. The molecular weight excluding hydrogens is 474 g/mol. The first-order valence-corrected chi connectivity index (χ1v) is 12.4. The SMILES string of the molecule is Cc1ccc(N=C2S/C(=C/c3ccccc3OCc3ccc([N+](=O)[O-])cc3)C(=O)N2CC(C)C)cc1. The first-order chi connectivity index (χ1) is 17.3. The third-order valence-electron chi connectivity index (χ3n) is 5.44. The number of para-hydroxylation sites is 1. The zero-order valence-corrected chi connectivity index (χ0v) is 21.2. The first kappa shape index (κ1) is 25.2. The third-order valence-corrected chi connectivity index (χ3v) is 6.45. The summed E-state index contributed by atoms with van der Waals surface area (Å²) in [5.74, 6) is 0.829. The molecule has 3 aromatic rings. The largest absolute Gasteiger partial charge is 0.488 e. The van der Waals surface area contributed by atoms with E-state index in [2.05, 4.69) is 13.8 Å². The van der Waals surface area contributed by atoms with E-state index in [1.165, 1.54) is 23.9 Å². The van der Waals surface area contributed by atoms with Gasteiger partial charge in [0.1, 0.15) is 12.4 Å². The molecule has 0 bridgehead atoms. The van der Waals surface area contributed by atoms with Crippen molar-refractivity contribution in [2.45, 2.75) is 27.4 Å². The van der Waals surface area contributed by atoms with Gasteiger partial charge in [0.05, 0.1) is 15.5 Å². The molecule has 1 aliphatic rings. The average molecular weight is 502 g/mol. The summed E-state index contributed by atoms with van der Waals surface area (Å²) in [6, 6.07) is 21.7. The molecule has 7 nitrogen and oxygen atoms in total. The Morgan fingerprint density at radius 2 is 1.75 bits per heavy atom. The van der Waals surface area contributed by atoms with Crippen molar-refractivity contribution in [1.82, 2.24) is 4.90 Å². The summed E-state index contributed by atoms with van der Waals surface area (Å²) >= 11 is 1.36. The van der Waals surface area contributed by atoms with Crippen LogP contribution in [0.1, 0.15) is 30.5 Å². The van der Waals surface area contributed by atoms with Gasteiger partial charge in [-0.1, -0.05) is 49.7 Å². The van der Waals surface area contributed by atoms with E-state index < -0.39 is 4.92 Å². The minimum absolute atomic E-state index is 0.0368. The molecular formula is C28H27N3O4S. The number of benzene rings is 3. The molecule has 8 heteroatoms. The Balaban J connectivity index is 1.57. The van der Waals surface area contributed by atoms with Gasteiger partial charge in [0.25, 0.3) is 11.6 Å². The number of amidine groups is 1. The minimum atomic E-state index is -0.429. The highest BCUT2D eigenvalue weighted by Gasteiger charge is 2.34. The number of non-ortho nitro benzene ring substituents is 1. The Morgan fingerprint density at radius 1 is 1.06 bits per heavy atom. The molecule has 0 N–H and O–H groups in total. The van der Waals surface area contributed by atoms with E-state index in [9.17, 15) is 14.9 Å². The molecule has 36 heavy (non-hydrogen) atoms. The van der Waals surface area contributed by atoms with Crippen LogP contribution in [-0.4, -0.2) is 27.4 Å².